The maximum Gasteiger partial charge on any atom is 0.239 e. The molecule has 110 valence electrons. The van der Waals surface area contributed by atoms with Crippen molar-refractivity contribution in [2.45, 2.75) is 77.9 Å². The van der Waals surface area contributed by atoms with E-state index in [4.69, 9.17) is 0 Å². The SMILES string of the molecule is CCC1CCC(N2CCCC(NC(C)C)C2=O)C1C. The first-order chi connectivity index (χ1) is 9.04. The molecule has 3 nitrogen and oxygen atoms in total. The third-order valence-electron chi connectivity index (χ3n) is 5.12. The Balaban J connectivity index is 2.02. The first-order valence-electron chi connectivity index (χ1n) is 8.11. The summed E-state index contributed by atoms with van der Waals surface area (Å²) in [5, 5.41) is 3.43. The van der Waals surface area contributed by atoms with Crippen LogP contribution in [0.3, 0.4) is 0 Å². The van der Waals surface area contributed by atoms with E-state index in [1.807, 2.05) is 0 Å². The van der Waals surface area contributed by atoms with Gasteiger partial charge in [0.25, 0.3) is 0 Å². The zero-order valence-corrected chi connectivity index (χ0v) is 13.0. The lowest BCUT2D eigenvalue weighted by Crippen LogP contribution is -2.56. The molecule has 19 heavy (non-hydrogen) atoms. The van der Waals surface area contributed by atoms with E-state index in [1.165, 1.54) is 19.3 Å². The van der Waals surface area contributed by atoms with E-state index in [0.717, 1.165) is 25.3 Å². The normalized spacial score (nSPS) is 36.3. The van der Waals surface area contributed by atoms with Gasteiger partial charge in [-0.25, -0.2) is 0 Å². The van der Waals surface area contributed by atoms with Crippen LogP contribution in [-0.4, -0.2) is 35.5 Å². The number of nitrogens with one attached hydrogen (secondary N) is 1. The Morgan fingerprint density at radius 1 is 1.32 bits per heavy atom. The molecule has 0 bridgehead atoms. The van der Waals surface area contributed by atoms with Gasteiger partial charge in [0.15, 0.2) is 0 Å². The van der Waals surface area contributed by atoms with Crippen LogP contribution in [0.1, 0.15) is 59.8 Å². The second-order valence-corrected chi connectivity index (χ2v) is 6.72. The van der Waals surface area contributed by atoms with Gasteiger partial charge in [-0.1, -0.05) is 34.1 Å². The summed E-state index contributed by atoms with van der Waals surface area (Å²) < 4.78 is 0. The van der Waals surface area contributed by atoms with Crippen LogP contribution >= 0.6 is 0 Å². The van der Waals surface area contributed by atoms with Gasteiger partial charge < -0.3 is 10.2 Å². The molecule has 0 aromatic rings. The minimum absolute atomic E-state index is 0.0571. The summed E-state index contributed by atoms with van der Waals surface area (Å²) in [7, 11) is 0. The van der Waals surface area contributed by atoms with Crippen LogP contribution in [0.4, 0.5) is 0 Å². The Morgan fingerprint density at radius 2 is 2.05 bits per heavy atom. The molecule has 1 aliphatic carbocycles. The third kappa shape index (κ3) is 3.13. The van der Waals surface area contributed by atoms with Crippen molar-refractivity contribution in [3.8, 4) is 0 Å². The molecule has 1 aliphatic heterocycles. The second-order valence-electron chi connectivity index (χ2n) is 6.72. The number of hydrogen-bond donors (Lipinski definition) is 1. The monoisotopic (exact) mass is 266 g/mol. The number of hydrogen-bond acceptors (Lipinski definition) is 2. The number of carbonyl (C=O) groups is 1. The molecular weight excluding hydrogens is 236 g/mol. The largest absolute Gasteiger partial charge is 0.338 e. The van der Waals surface area contributed by atoms with Gasteiger partial charge in [0.2, 0.25) is 5.91 Å². The quantitative estimate of drug-likeness (QED) is 0.848. The van der Waals surface area contributed by atoms with Crippen molar-refractivity contribution in [3.05, 3.63) is 0 Å². The van der Waals surface area contributed by atoms with Gasteiger partial charge in [-0.2, -0.15) is 0 Å². The van der Waals surface area contributed by atoms with Crippen LogP contribution in [0.15, 0.2) is 0 Å². The molecule has 0 aromatic heterocycles. The van der Waals surface area contributed by atoms with Gasteiger partial charge >= 0.3 is 0 Å². The maximum atomic E-state index is 12.7. The minimum atomic E-state index is 0.0571. The summed E-state index contributed by atoms with van der Waals surface area (Å²) >= 11 is 0. The van der Waals surface area contributed by atoms with Crippen LogP contribution in [0.5, 0.6) is 0 Å². The standard InChI is InChI=1S/C16H30N2O/c1-5-13-8-9-15(12(13)4)18-10-6-7-14(16(18)19)17-11(2)3/h11-15,17H,5-10H2,1-4H3. The maximum absolute atomic E-state index is 12.7. The zero-order chi connectivity index (χ0) is 14.0. The topological polar surface area (TPSA) is 32.3 Å². The highest BCUT2D eigenvalue weighted by molar-refractivity contribution is 5.83. The Kier molecular flexibility index (Phi) is 4.88. The van der Waals surface area contributed by atoms with E-state index in [2.05, 4.69) is 37.9 Å². The number of rotatable bonds is 4. The molecule has 1 saturated carbocycles. The fourth-order valence-corrected chi connectivity index (χ4v) is 4.03. The molecule has 4 unspecified atom stereocenters. The van der Waals surface area contributed by atoms with Gasteiger partial charge in [-0.05, 0) is 37.5 Å². The van der Waals surface area contributed by atoms with E-state index in [0.29, 0.717) is 23.9 Å². The Labute approximate surface area is 118 Å². The van der Waals surface area contributed by atoms with Crippen molar-refractivity contribution < 1.29 is 4.79 Å². The summed E-state index contributed by atoms with van der Waals surface area (Å²) in [6.45, 7) is 9.85. The third-order valence-corrected chi connectivity index (χ3v) is 5.12. The summed E-state index contributed by atoms with van der Waals surface area (Å²) in [6.07, 6.45) is 5.92. The lowest BCUT2D eigenvalue weighted by Gasteiger charge is -2.39. The molecule has 2 fully saturated rings. The van der Waals surface area contributed by atoms with Crippen LogP contribution in [0, 0.1) is 11.8 Å². The van der Waals surface area contributed by atoms with Crippen molar-refractivity contribution in [2.75, 3.05) is 6.54 Å². The molecule has 0 radical (unpaired) electrons. The summed E-state index contributed by atoms with van der Waals surface area (Å²) in [5.74, 6) is 1.84. The highest BCUT2D eigenvalue weighted by Gasteiger charge is 2.40. The molecule has 1 N–H and O–H groups in total. The first-order valence-corrected chi connectivity index (χ1v) is 8.11. The van der Waals surface area contributed by atoms with Gasteiger partial charge in [-0.15, -0.1) is 0 Å². The van der Waals surface area contributed by atoms with Crippen molar-refractivity contribution in [3.63, 3.8) is 0 Å². The molecule has 1 amide bonds. The highest BCUT2D eigenvalue weighted by Crippen LogP contribution is 2.38. The fourth-order valence-electron chi connectivity index (χ4n) is 4.03. The van der Waals surface area contributed by atoms with Crippen molar-refractivity contribution in [2.24, 2.45) is 11.8 Å². The van der Waals surface area contributed by atoms with Crippen LogP contribution in [0.25, 0.3) is 0 Å². The first kappa shape index (κ1) is 14.8. The smallest absolute Gasteiger partial charge is 0.239 e. The number of amides is 1. The zero-order valence-electron chi connectivity index (χ0n) is 13.0. The van der Waals surface area contributed by atoms with Crippen LogP contribution in [-0.2, 0) is 4.79 Å². The van der Waals surface area contributed by atoms with Crippen LogP contribution in [0.2, 0.25) is 0 Å². The Hall–Kier alpha value is -0.570. The second kappa shape index (κ2) is 6.25. The van der Waals surface area contributed by atoms with Crippen LogP contribution < -0.4 is 5.32 Å². The average molecular weight is 266 g/mol. The van der Waals surface area contributed by atoms with Crippen molar-refractivity contribution in [1.82, 2.24) is 10.2 Å². The van der Waals surface area contributed by atoms with Crippen molar-refractivity contribution in [1.29, 1.82) is 0 Å². The molecule has 0 aromatic carbocycles. The predicted octanol–water partition coefficient (Wildman–Crippen LogP) is 2.80. The molecular formula is C16H30N2O. The predicted molar refractivity (Wildman–Crippen MR) is 79.0 cm³/mol. The summed E-state index contributed by atoms with van der Waals surface area (Å²) in [4.78, 5) is 14.9. The average Bonchev–Trinajstić information content (AvgIpc) is 2.73. The summed E-state index contributed by atoms with van der Waals surface area (Å²) in [5.41, 5.74) is 0. The number of carbonyl (C=O) groups excluding carboxylic acids is 1. The molecule has 0 spiro atoms. The molecule has 1 saturated heterocycles. The van der Waals surface area contributed by atoms with E-state index in [-0.39, 0.29) is 6.04 Å². The molecule has 1 heterocycles. The number of likely N-dealkylation sites (tertiary alicyclic amines) is 1. The fraction of sp³-hybridized carbons (Fsp3) is 0.938. The van der Waals surface area contributed by atoms with E-state index >= 15 is 0 Å². The highest BCUT2D eigenvalue weighted by atomic mass is 16.2. The van der Waals surface area contributed by atoms with Gasteiger partial charge in [0.1, 0.15) is 0 Å². The lowest BCUT2D eigenvalue weighted by molar-refractivity contribution is -0.139. The molecule has 4 atom stereocenters. The van der Waals surface area contributed by atoms with E-state index in [1.54, 1.807) is 0 Å². The van der Waals surface area contributed by atoms with E-state index < -0.39 is 0 Å². The molecule has 2 rings (SSSR count). The molecule has 2 aliphatic rings. The lowest BCUT2D eigenvalue weighted by atomic mass is 9.91. The molecule has 3 heteroatoms. The van der Waals surface area contributed by atoms with E-state index in [9.17, 15) is 4.79 Å². The van der Waals surface area contributed by atoms with Gasteiger partial charge in [0, 0.05) is 18.6 Å². The Morgan fingerprint density at radius 3 is 2.63 bits per heavy atom. The van der Waals surface area contributed by atoms with Crippen molar-refractivity contribution >= 4 is 5.91 Å². The van der Waals surface area contributed by atoms with Gasteiger partial charge in [0.05, 0.1) is 6.04 Å². The minimum Gasteiger partial charge on any atom is -0.338 e. The number of piperidine rings is 1. The summed E-state index contributed by atoms with van der Waals surface area (Å²) in [6, 6.07) is 0.939. The van der Waals surface area contributed by atoms with Gasteiger partial charge in [-0.3, -0.25) is 4.79 Å². The number of nitrogens with zero attached hydrogens (tertiary/aromatic N) is 1. The Bertz CT molecular complexity index is 316.